The zero-order valence-corrected chi connectivity index (χ0v) is 17.8. The van der Waals surface area contributed by atoms with E-state index in [9.17, 15) is 4.79 Å². The summed E-state index contributed by atoms with van der Waals surface area (Å²) in [4.78, 5) is 16.7. The number of rotatable bonds is 4. The summed E-state index contributed by atoms with van der Waals surface area (Å²) in [6.45, 7) is 0. The van der Waals surface area contributed by atoms with Gasteiger partial charge in [-0.3, -0.25) is 10.2 Å². The van der Waals surface area contributed by atoms with Crippen molar-refractivity contribution in [2.75, 3.05) is 0 Å². The van der Waals surface area contributed by atoms with Crippen LogP contribution in [-0.2, 0) is 4.79 Å². The molecule has 1 aromatic heterocycles. The third kappa shape index (κ3) is 3.89. The molecule has 2 aliphatic heterocycles. The molecule has 1 saturated carbocycles. The number of hydrogen-bond donors (Lipinski definition) is 1. The lowest BCUT2D eigenvalue weighted by Crippen LogP contribution is -2.35. The second-order valence-electron chi connectivity index (χ2n) is 7.33. The predicted molar refractivity (Wildman–Crippen MR) is 122 cm³/mol. The van der Waals surface area contributed by atoms with Gasteiger partial charge in [-0.2, -0.15) is 15.1 Å². The molecule has 8 heteroatoms. The van der Waals surface area contributed by atoms with Crippen molar-refractivity contribution in [2.45, 2.75) is 42.4 Å². The van der Waals surface area contributed by atoms with Crippen LogP contribution >= 0.6 is 23.5 Å². The Morgan fingerprint density at radius 1 is 1.13 bits per heavy atom. The fourth-order valence-electron chi connectivity index (χ4n) is 3.65. The smallest absolute Gasteiger partial charge is 0.283 e. The van der Waals surface area contributed by atoms with Crippen LogP contribution in [0.4, 0.5) is 0 Å². The Morgan fingerprint density at radius 2 is 1.93 bits per heavy atom. The number of carbonyl (C=O) groups excluding carboxylic acids is 1. The molecule has 1 amide bonds. The van der Waals surface area contributed by atoms with Crippen molar-refractivity contribution in [3.05, 3.63) is 59.4 Å². The molecular weight excluding hydrogens is 416 g/mol. The van der Waals surface area contributed by atoms with Gasteiger partial charge < -0.3 is 4.42 Å². The zero-order valence-electron chi connectivity index (χ0n) is 16.2. The molecule has 0 bridgehead atoms. The number of thioether (sulfide) groups is 2. The summed E-state index contributed by atoms with van der Waals surface area (Å²) in [5.74, 6) is 0.127. The molecule has 0 spiro atoms. The van der Waals surface area contributed by atoms with E-state index < -0.39 is 5.91 Å². The summed E-state index contributed by atoms with van der Waals surface area (Å²) in [5.41, 5.74) is 1.11. The van der Waals surface area contributed by atoms with Gasteiger partial charge in [0.15, 0.2) is 10.9 Å². The maximum atomic E-state index is 12.6. The number of fused-ring (bicyclic) bond motifs is 1. The number of nitrogens with zero attached hydrogens (tertiary/aromatic N) is 3. The van der Waals surface area contributed by atoms with Gasteiger partial charge in [0, 0.05) is 10.8 Å². The molecule has 0 radical (unpaired) electrons. The Labute approximate surface area is 183 Å². The van der Waals surface area contributed by atoms with Gasteiger partial charge in [-0.25, -0.2) is 0 Å². The Bertz CT molecular complexity index is 1080. The summed E-state index contributed by atoms with van der Waals surface area (Å²) in [5, 5.41) is 17.0. The van der Waals surface area contributed by atoms with E-state index in [4.69, 9.17) is 9.83 Å². The molecule has 152 valence electrons. The molecule has 0 saturated heterocycles. The first-order valence-corrected chi connectivity index (χ1v) is 11.7. The van der Waals surface area contributed by atoms with Crippen LogP contribution < -0.4 is 0 Å². The van der Waals surface area contributed by atoms with Crippen LogP contribution in [0, 0.1) is 5.41 Å². The van der Waals surface area contributed by atoms with Crippen molar-refractivity contribution < 1.29 is 9.21 Å². The average Bonchev–Trinajstić information content (AvgIpc) is 3.39. The standard InChI is InChI=1S/C22H20N4O2S2/c23-19-17(13-15-11-12-18(28-15)29-16-9-5-2-6-10-16)20(27)24-22-26(19)25-21(30-22)14-7-3-1-4-8-14/h1,3-4,7-8,11-13,16,23H,2,5-6,9-10H2/b17-13+,23-19?. The number of aliphatic imine (C=N–C) groups is 1. The van der Waals surface area contributed by atoms with E-state index in [1.54, 1.807) is 17.8 Å². The summed E-state index contributed by atoms with van der Waals surface area (Å²) in [6, 6.07) is 13.5. The van der Waals surface area contributed by atoms with Gasteiger partial charge in [0.2, 0.25) is 5.17 Å². The number of benzene rings is 1. The second kappa shape index (κ2) is 8.28. The highest BCUT2D eigenvalue weighted by molar-refractivity contribution is 8.27. The van der Waals surface area contributed by atoms with E-state index in [2.05, 4.69) is 10.1 Å². The molecule has 1 fully saturated rings. The van der Waals surface area contributed by atoms with E-state index >= 15 is 0 Å². The lowest BCUT2D eigenvalue weighted by Gasteiger charge is -2.20. The molecule has 5 rings (SSSR count). The maximum absolute atomic E-state index is 12.6. The van der Waals surface area contributed by atoms with Gasteiger partial charge in [0.25, 0.3) is 5.91 Å². The predicted octanol–water partition coefficient (Wildman–Crippen LogP) is 5.37. The van der Waals surface area contributed by atoms with E-state index in [-0.39, 0.29) is 11.4 Å². The first kappa shape index (κ1) is 19.4. The third-order valence-corrected chi connectivity index (χ3v) is 7.41. The van der Waals surface area contributed by atoms with E-state index in [0.717, 1.165) is 15.7 Å². The molecule has 1 N–H and O–H groups in total. The number of amides is 1. The largest absolute Gasteiger partial charge is 0.450 e. The highest BCUT2D eigenvalue weighted by Crippen LogP contribution is 2.35. The second-order valence-corrected chi connectivity index (χ2v) is 9.59. The fourth-order valence-corrected chi connectivity index (χ4v) is 5.74. The van der Waals surface area contributed by atoms with Crippen molar-refractivity contribution in [1.29, 1.82) is 5.41 Å². The van der Waals surface area contributed by atoms with Crippen LogP contribution in [0.3, 0.4) is 0 Å². The fraction of sp³-hybridized carbons (Fsp3) is 0.273. The minimum atomic E-state index is -0.443. The molecule has 0 atom stereocenters. The molecular formula is C22H20N4O2S2. The average molecular weight is 437 g/mol. The Hall–Kier alpha value is -2.58. The monoisotopic (exact) mass is 436 g/mol. The first-order chi connectivity index (χ1) is 14.7. The Morgan fingerprint density at radius 3 is 2.73 bits per heavy atom. The Kier molecular flexibility index (Phi) is 5.35. The summed E-state index contributed by atoms with van der Waals surface area (Å²) in [7, 11) is 0. The number of hydrogen-bond acceptors (Lipinski definition) is 6. The SMILES string of the molecule is N=C1/C(=C\c2ccc(SC3CCCCC3)o2)C(=O)N=C2SC(c3ccccc3)=NN12. The third-order valence-electron chi connectivity index (χ3n) is 5.20. The van der Waals surface area contributed by atoms with Crippen molar-refractivity contribution >= 4 is 51.6 Å². The number of carbonyl (C=O) groups is 1. The zero-order chi connectivity index (χ0) is 20.5. The first-order valence-electron chi connectivity index (χ1n) is 9.99. The molecule has 1 aliphatic carbocycles. The molecule has 2 aromatic rings. The quantitative estimate of drug-likeness (QED) is 0.652. The number of hydrazone groups is 1. The van der Waals surface area contributed by atoms with Gasteiger partial charge in [-0.15, -0.1) is 0 Å². The molecule has 3 aliphatic rings. The molecule has 30 heavy (non-hydrogen) atoms. The topological polar surface area (TPSA) is 82.0 Å². The van der Waals surface area contributed by atoms with Gasteiger partial charge in [0.1, 0.15) is 10.8 Å². The van der Waals surface area contributed by atoms with Crippen LogP contribution in [0.2, 0.25) is 0 Å². The van der Waals surface area contributed by atoms with Crippen LogP contribution in [0.15, 0.2) is 67.6 Å². The summed E-state index contributed by atoms with van der Waals surface area (Å²) < 4.78 is 5.92. The van der Waals surface area contributed by atoms with Crippen molar-refractivity contribution in [2.24, 2.45) is 10.1 Å². The molecule has 3 heterocycles. The van der Waals surface area contributed by atoms with Crippen molar-refractivity contribution in [1.82, 2.24) is 5.01 Å². The molecule has 1 aromatic carbocycles. The minimum Gasteiger partial charge on any atom is -0.450 e. The molecule has 0 unspecified atom stereocenters. The number of furan rings is 1. The Balaban J connectivity index is 1.36. The van der Waals surface area contributed by atoms with Gasteiger partial charge >= 0.3 is 0 Å². The van der Waals surface area contributed by atoms with Crippen molar-refractivity contribution in [3.63, 3.8) is 0 Å². The van der Waals surface area contributed by atoms with E-state index in [1.807, 2.05) is 42.5 Å². The van der Waals surface area contributed by atoms with Crippen LogP contribution in [-0.4, -0.2) is 32.2 Å². The highest BCUT2D eigenvalue weighted by Gasteiger charge is 2.36. The van der Waals surface area contributed by atoms with Crippen LogP contribution in [0.25, 0.3) is 6.08 Å². The van der Waals surface area contributed by atoms with Crippen molar-refractivity contribution in [3.8, 4) is 0 Å². The lowest BCUT2D eigenvalue weighted by molar-refractivity contribution is -0.114. The molecule has 6 nitrogen and oxygen atoms in total. The number of amidine groups is 2. The van der Waals surface area contributed by atoms with Gasteiger partial charge in [-0.05, 0) is 42.8 Å². The summed E-state index contributed by atoms with van der Waals surface area (Å²) >= 11 is 3.06. The van der Waals surface area contributed by atoms with E-state index in [1.165, 1.54) is 48.9 Å². The normalized spacial score (nSPS) is 21.1. The minimum absolute atomic E-state index is 0.0151. The van der Waals surface area contributed by atoms with Crippen LogP contribution in [0.5, 0.6) is 0 Å². The van der Waals surface area contributed by atoms with Crippen LogP contribution in [0.1, 0.15) is 43.4 Å². The number of nitrogens with one attached hydrogen (secondary N) is 1. The summed E-state index contributed by atoms with van der Waals surface area (Å²) in [6.07, 6.45) is 7.91. The highest BCUT2D eigenvalue weighted by atomic mass is 32.2. The van der Waals surface area contributed by atoms with E-state index in [0.29, 0.717) is 16.2 Å². The maximum Gasteiger partial charge on any atom is 0.283 e. The lowest BCUT2D eigenvalue weighted by atomic mass is 10.0. The van der Waals surface area contributed by atoms with Gasteiger partial charge in [0.05, 0.1) is 5.57 Å². The van der Waals surface area contributed by atoms with Gasteiger partial charge in [-0.1, -0.05) is 61.4 Å².